The molecule has 122 valence electrons. The van der Waals surface area contributed by atoms with Gasteiger partial charge in [-0.15, -0.1) is 0 Å². The molecule has 0 aliphatic heterocycles. The Kier molecular flexibility index (Phi) is 3.60. The average Bonchev–Trinajstić information content (AvgIpc) is 3.39. The minimum Gasteiger partial charge on any atom is -0.474 e. The molecular formula is C20H20N2O2. The van der Waals surface area contributed by atoms with Gasteiger partial charge in [0, 0.05) is 0 Å². The fraction of sp³-hybridized carbons (Fsp3) is 0.300. The Morgan fingerprint density at radius 2 is 1.88 bits per heavy atom. The number of nitrogens with zero attached hydrogens (tertiary/aromatic N) is 2. The molecule has 4 nitrogen and oxygen atoms in total. The Balaban J connectivity index is 2.01. The Hall–Kier alpha value is -2.62. The molecule has 24 heavy (non-hydrogen) atoms. The molecule has 0 spiro atoms. The van der Waals surface area contributed by atoms with Crippen molar-refractivity contribution in [3.05, 3.63) is 64.6 Å². The van der Waals surface area contributed by atoms with E-state index in [4.69, 9.17) is 4.74 Å². The lowest BCUT2D eigenvalue weighted by atomic mass is 10.1. The van der Waals surface area contributed by atoms with Gasteiger partial charge in [0.15, 0.2) is 0 Å². The number of rotatable bonds is 4. The first-order valence-electron chi connectivity index (χ1n) is 8.42. The minimum atomic E-state index is -0.308. The smallest absolute Gasteiger partial charge is 0.355 e. The summed E-state index contributed by atoms with van der Waals surface area (Å²) in [6.45, 7) is 3.88. The van der Waals surface area contributed by atoms with Gasteiger partial charge in [0.25, 0.3) is 0 Å². The van der Waals surface area contributed by atoms with E-state index >= 15 is 0 Å². The Labute approximate surface area is 140 Å². The molecule has 1 aliphatic carbocycles. The zero-order chi connectivity index (χ0) is 16.7. The number of ether oxygens (including phenoxy) is 1. The normalized spacial score (nSPS) is 14.3. The zero-order valence-electron chi connectivity index (χ0n) is 13.9. The van der Waals surface area contributed by atoms with Gasteiger partial charge in [-0.05, 0) is 62.4 Å². The average molecular weight is 320 g/mol. The van der Waals surface area contributed by atoms with E-state index in [0.29, 0.717) is 11.8 Å². The van der Waals surface area contributed by atoms with Crippen LogP contribution in [0, 0.1) is 0 Å². The van der Waals surface area contributed by atoms with E-state index < -0.39 is 0 Å². The van der Waals surface area contributed by atoms with Crippen molar-refractivity contribution in [2.75, 3.05) is 0 Å². The van der Waals surface area contributed by atoms with Crippen LogP contribution < -0.4 is 10.4 Å². The standard InChI is InChI=1S/C20H20N2O2/c1-13(2)24-19-17-11-10-15(14-8-9-14)12-18(17)22(20(23)21-19)16-6-4-3-5-7-16/h3-7,10-14H,8-9H2,1-2H3. The summed E-state index contributed by atoms with van der Waals surface area (Å²) >= 11 is 0. The summed E-state index contributed by atoms with van der Waals surface area (Å²) in [5.74, 6) is 1.04. The molecule has 0 atom stereocenters. The lowest BCUT2D eigenvalue weighted by molar-refractivity contribution is 0.235. The number of fused-ring (bicyclic) bond motifs is 1. The van der Waals surface area contributed by atoms with E-state index in [1.165, 1.54) is 18.4 Å². The van der Waals surface area contributed by atoms with Crippen LogP contribution in [0.5, 0.6) is 5.88 Å². The Bertz CT molecular complexity index is 941. The van der Waals surface area contributed by atoms with E-state index in [2.05, 4.69) is 17.1 Å². The molecule has 3 aromatic rings. The van der Waals surface area contributed by atoms with Gasteiger partial charge in [0.1, 0.15) is 0 Å². The molecule has 1 fully saturated rings. The van der Waals surface area contributed by atoms with Gasteiger partial charge in [-0.2, -0.15) is 4.98 Å². The highest BCUT2D eigenvalue weighted by atomic mass is 16.5. The molecule has 4 rings (SSSR count). The van der Waals surface area contributed by atoms with E-state index in [-0.39, 0.29) is 11.8 Å². The van der Waals surface area contributed by atoms with Crippen LogP contribution in [0.25, 0.3) is 16.6 Å². The summed E-state index contributed by atoms with van der Waals surface area (Å²) < 4.78 is 7.47. The maximum Gasteiger partial charge on any atom is 0.355 e. The van der Waals surface area contributed by atoms with Crippen molar-refractivity contribution in [2.45, 2.75) is 38.7 Å². The van der Waals surface area contributed by atoms with Crippen molar-refractivity contribution in [3.8, 4) is 11.6 Å². The van der Waals surface area contributed by atoms with Crippen molar-refractivity contribution in [1.29, 1.82) is 0 Å². The van der Waals surface area contributed by atoms with Crippen molar-refractivity contribution >= 4 is 10.9 Å². The first kappa shape index (κ1) is 14.9. The molecule has 0 saturated heterocycles. The lowest BCUT2D eigenvalue weighted by Crippen LogP contribution is -2.23. The molecule has 1 heterocycles. The SMILES string of the molecule is CC(C)Oc1nc(=O)n(-c2ccccc2)c2cc(C3CC3)ccc12. The van der Waals surface area contributed by atoms with Crippen LogP contribution >= 0.6 is 0 Å². The molecule has 1 aromatic heterocycles. The highest BCUT2D eigenvalue weighted by Crippen LogP contribution is 2.41. The molecule has 0 N–H and O–H groups in total. The monoisotopic (exact) mass is 320 g/mol. The van der Waals surface area contributed by atoms with E-state index in [1.54, 1.807) is 4.57 Å². The third-order valence-corrected chi connectivity index (χ3v) is 4.29. The predicted octanol–water partition coefficient (Wildman–Crippen LogP) is 4.05. The summed E-state index contributed by atoms with van der Waals surface area (Å²) in [5.41, 5.74) is 2.66. The maximum atomic E-state index is 12.7. The maximum absolute atomic E-state index is 12.7. The Morgan fingerprint density at radius 1 is 1.12 bits per heavy atom. The minimum absolute atomic E-state index is 0.0317. The van der Waals surface area contributed by atoms with Gasteiger partial charge >= 0.3 is 5.69 Å². The summed E-state index contributed by atoms with van der Waals surface area (Å²) in [5, 5.41) is 0.872. The van der Waals surface area contributed by atoms with Gasteiger partial charge < -0.3 is 4.74 Å². The van der Waals surface area contributed by atoms with Crippen LogP contribution in [-0.2, 0) is 0 Å². The molecule has 0 amide bonds. The van der Waals surface area contributed by atoms with E-state index in [0.717, 1.165) is 16.6 Å². The van der Waals surface area contributed by atoms with E-state index in [9.17, 15) is 4.79 Å². The molecule has 4 heteroatoms. The van der Waals surface area contributed by atoms with Crippen LogP contribution in [0.15, 0.2) is 53.3 Å². The molecule has 2 aromatic carbocycles. The van der Waals surface area contributed by atoms with Gasteiger partial charge in [-0.1, -0.05) is 24.3 Å². The highest BCUT2D eigenvalue weighted by Gasteiger charge is 2.24. The number of para-hydroxylation sites is 1. The number of benzene rings is 2. The fourth-order valence-electron chi connectivity index (χ4n) is 3.02. The Morgan fingerprint density at radius 3 is 2.54 bits per heavy atom. The van der Waals surface area contributed by atoms with Crippen molar-refractivity contribution in [3.63, 3.8) is 0 Å². The van der Waals surface area contributed by atoms with Crippen LogP contribution in [0.4, 0.5) is 0 Å². The third-order valence-electron chi connectivity index (χ3n) is 4.29. The summed E-state index contributed by atoms with van der Waals surface area (Å²) in [6.07, 6.45) is 2.42. The number of hydrogen-bond donors (Lipinski definition) is 0. The van der Waals surface area contributed by atoms with Gasteiger partial charge in [-0.3, -0.25) is 4.57 Å². The van der Waals surface area contributed by atoms with Gasteiger partial charge in [0.2, 0.25) is 5.88 Å². The van der Waals surface area contributed by atoms with Crippen LogP contribution in [0.3, 0.4) is 0 Å². The summed E-state index contributed by atoms with van der Waals surface area (Å²) in [7, 11) is 0. The van der Waals surface area contributed by atoms with Gasteiger partial charge in [-0.25, -0.2) is 4.79 Å². The second-order valence-corrected chi connectivity index (χ2v) is 6.59. The summed E-state index contributed by atoms with van der Waals surface area (Å²) in [6, 6.07) is 15.9. The second-order valence-electron chi connectivity index (χ2n) is 6.59. The molecule has 1 aliphatic rings. The van der Waals surface area contributed by atoms with Crippen LogP contribution in [0.2, 0.25) is 0 Å². The molecule has 0 bridgehead atoms. The number of aromatic nitrogens is 2. The largest absolute Gasteiger partial charge is 0.474 e. The molecule has 0 unspecified atom stereocenters. The van der Waals surface area contributed by atoms with E-state index in [1.807, 2.05) is 50.2 Å². The van der Waals surface area contributed by atoms with Crippen molar-refractivity contribution in [1.82, 2.24) is 9.55 Å². The molecular weight excluding hydrogens is 300 g/mol. The first-order chi connectivity index (χ1) is 11.6. The molecule has 0 radical (unpaired) electrons. The lowest BCUT2D eigenvalue weighted by Gasteiger charge is -2.15. The first-order valence-corrected chi connectivity index (χ1v) is 8.42. The van der Waals surface area contributed by atoms with Crippen LogP contribution in [-0.4, -0.2) is 15.7 Å². The topological polar surface area (TPSA) is 44.1 Å². The van der Waals surface area contributed by atoms with Gasteiger partial charge in [0.05, 0.1) is 22.7 Å². The zero-order valence-corrected chi connectivity index (χ0v) is 13.9. The predicted molar refractivity (Wildman–Crippen MR) is 95.1 cm³/mol. The second kappa shape index (κ2) is 5.78. The molecule has 1 saturated carbocycles. The third kappa shape index (κ3) is 2.68. The number of hydrogen-bond acceptors (Lipinski definition) is 3. The van der Waals surface area contributed by atoms with Crippen molar-refractivity contribution < 1.29 is 4.74 Å². The highest BCUT2D eigenvalue weighted by molar-refractivity contribution is 5.86. The quantitative estimate of drug-likeness (QED) is 0.728. The van der Waals surface area contributed by atoms with Crippen LogP contribution in [0.1, 0.15) is 38.2 Å². The fourth-order valence-corrected chi connectivity index (χ4v) is 3.02. The summed E-state index contributed by atoms with van der Waals surface area (Å²) in [4.78, 5) is 16.9. The van der Waals surface area contributed by atoms with Crippen molar-refractivity contribution in [2.24, 2.45) is 0 Å².